The first-order valence-corrected chi connectivity index (χ1v) is 5.42. The minimum Gasteiger partial charge on any atom is -0.479 e. The molecule has 0 aliphatic heterocycles. The Labute approximate surface area is 96.7 Å². The third kappa shape index (κ3) is 2.60. The second-order valence-electron chi connectivity index (χ2n) is 2.95. The van der Waals surface area contributed by atoms with Crippen LogP contribution >= 0.6 is 22.6 Å². The van der Waals surface area contributed by atoms with E-state index in [1.807, 2.05) is 59.8 Å². The third-order valence-electron chi connectivity index (χ3n) is 1.94. The van der Waals surface area contributed by atoms with Gasteiger partial charge in [0.1, 0.15) is 0 Å². The second kappa shape index (κ2) is 4.63. The highest BCUT2D eigenvalue weighted by atomic mass is 127. The number of hydrogen-bond acceptors (Lipinski definition) is 2. The van der Waals surface area contributed by atoms with E-state index in [2.05, 4.69) is 5.32 Å². The molecule has 0 aromatic heterocycles. The molecule has 0 saturated carbocycles. The van der Waals surface area contributed by atoms with Gasteiger partial charge in [0, 0.05) is 5.69 Å². The van der Waals surface area contributed by atoms with Crippen molar-refractivity contribution >= 4 is 34.2 Å². The molecule has 0 amide bonds. The summed E-state index contributed by atoms with van der Waals surface area (Å²) in [6.45, 7) is 1.84. The summed E-state index contributed by atoms with van der Waals surface area (Å²) in [4.78, 5) is 11.0. The van der Waals surface area contributed by atoms with Gasteiger partial charge in [-0.15, -0.1) is 0 Å². The summed E-state index contributed by atoms with van der Waals surface area (Å²) in [5.41, 5.74) is 0.825. The molecular weight excluding hydrogens is 293 g/mol. The van der Waals surface area contributed by atoms with E-state index in [4.69, 9.17) is 5.11 Å². The molecule has 76 valence electrons. The van der Waals surface area contributed by atoms with Gasteiger partial charge in [-0.25, -0.2) is 4.79 Å². The van der Waals surface area contributed by atoms with Crippen LogP contribution in [0, 0.1) is 0 Å². The van der Waals surface area contributed by atoms with Crippen molar-refractivity contribution in [2.45, 2.75) is 16.9 Å². The first-order valence-electron chi connectivity index (χ1n) is 4.34. The van der Waals surface area contributed by atoms with E-state index in [9.17, 15) is 4.79 Å². The van der Waals surface area contributed by atoms with Crippen LogP contribution in [0.1, 0.15) is 13.3 Å². The SMILES string of the molecule is CCC(I)(Nc1ccccc1)C(=O)O. The molecule has 0 spiro atoms. The average molecular weight is 305 g/mol. The lowest BCUT2D eigenvalue weighted by molar-refractivity contribution is -0.138. The number of alkyl halides is 1. The highest BCUT2D eigenvalue weighted by Crippen LogP contribution is 2.25. The number of nitrogens with one attached hydrogen (secondary N) is 1. The number of carboxylic acid groups (broad SMARTS) is 1. The molecule has 2 N–H and O–H groups in total. The van der Waals surface area contributed by atoms with Crippen molar-refractivity contribution in [3.63, 3.8) is 0 Å². The second-order valence-corrected chi connectivity index (χ2v) is 4.79. The summed E-state index contributed by atoms with van der Waals surface area (Å²) in [6, 6.07) is 9.35. The molecular formula is C10H12INO2. The van der Waals surface area contributed by atoms with Crippen molar-refractivity contribution < 1.29 is 9.90 Å². The Morgan fingerprint density at radius 1 is 1.50 bits per heavy atom. The van der Waals surface area contributed by atoms with Gasteiger partial charge in [0.2, 0.25) is 0 Å². The fraction of sp³-hybridized carbons (Fsp3) is 0.300. The van der Waals surface area contributed by atoms with Gasteiger partial charge in [-0.3, -0.25) is 0 Å². The van der Waals surface area contributed by atoms with Gasteiger partial charge in [-0.05, 0) is 41.1 Å². The normalized spacial score (nSPS) is 14.4. The summed E-state index contributed by atoms with van der Waals surface area (Å²) in [7, 11) is 0. The van der Waals surface area contributed by atoms with E-state index in [-0.39, 0.29) is 0 Å². The topological polar surface area (TPSA) is 49.3 Å². The van der Waals surface area contributed by atoms with Crippen molar-refractivity contribution in [3.8, 4) is 0 Å². The lowest BCUT2D eigenvalue weighted by atomic mass is 10.2. The van der Waals surface area contributed by atoms with Crippen molar-refractivity contribution in [2.24, 2.45) is 0 Å². The average Bonchev–Trinajstić information content (AvgIpc) is 2.19. The number of hydrogen-bond donors (Lipinski definition) is 2. The molecule has 1 unspecified atom stereocenters. The van der Waals surface area contributed by atoms with E-state index in [1.54, 1.807) is 0 Å². The summed E-state index contributed by atoms with van der Waals surface area (Å²) < 4.78 is -0.918. The first-order chi connectivity index (χ1) is 6.58. The molecule has 3 nitrogen and oxygen atoms in total. The highest BCUT2D eigenvalue weighted by molar-refractivity contribution is 14.1. The maximum Gasteiger partial charge on any atom is 0.339 e. The number of benzene rings is 1. The lowest BCUT2D eigenvalue weighted by Crippen LogP contribution is -2.39. The third-order valence-corrected chi connectivity index (χ3v) is 3.44. The van der Waals surface area contributed by atoms with Crippen LogP contribution in [-0.2, 0) is 4.79 Å². The zero-order chi connectivity index (χ0) is 10.6. The molecule has 1 aromatic carbocycles. The molecule has 4 heteroatoms. The van der Waals surface area contributed by atoms with Gasteiger partial charge < -0.3 is 10.4 Å². The smallest absolute Gasteiger partial charge is 0.339 e. The van der Waals surface area contributed by atoms with Gasteiger partial charge in [-0.1, -0.05) is 25.1 Å². The summed E-state index contributed by atoms with van der Waals surface area (Å²) in [5.74, 6) is -0.843. The lowest BCUT2D eigenvalue weighted by Gasteiger charge is -2.23. The molecule has 0 fully saturated rings. The molecule has 1 aromatic rings. The van der Waals surface area contributed by atoms with Crippen LogP contribution in [0.3, 0.4) is 0 Å². The van der Waals surface area contributed by atoms with E-state index >= 15 is 0 Å². The Morgan fingerprint density at radius 2 is 2.07 bits per heavy atom. The fourth-order valence-electron chi connectivity index (χ4n) is 1.04. The number of carbonyl (C=O) groups is 1. The van der Waals surface area contributed by atoms with E-state index in [1.165, 1.54) is 0 Å². The maximum atomic E-state index is 11.0. The Hall–Kier alpha value is -0.780. The zero-order valence-electron chi connectivity index (χ0n) is 7.83. The molecule has 1 atom stereocenters. The number of aliphatic carboxylic acids is 1. The van der Waals surface area contributed by atoms with Gasteiger partial charge in [-0.2, -0.15) is 0 Å². The first kappa shape index (κ1) is 11.3. The molecule has 1 rings (SSSR count). The van der Waals surface area contributed by atoms with Gasteiger partial charge in [0.15, 0.2) is 3.55 Å². The van der Waals surface area contributed by atoms with Crippen LogP contribution < -0.4 is 5.32 Å². The van der Waals surface area contributed by atoms with Gasteiger partial charge >= 0.3 is 5.97 Å². The van der Waals surface area contributed by atoms with Crippen LogP contribution in [0.25, 0.3) is 0 Å². The maximum absolute atomic E-state index is 11.0. The van der Waals surface area contributed by atoms with E-state index in [0.29, 0.717) is 6.42 Å². The summed E-state index contributed by atoms with van der Waals surface area (Å²) in [6.07, 6.45) is 0.526. The quantitative estimate of drug-likeness (QED) is 0.511. The van der Waals surface area contributed by atoms with Crippen LogP contribution in [0.4, 0.5) is 5.69 Å². The number of anilines is 1. The minimum absolute atomic E-state index is 0.526. The molecule has 0 radical (unpaired) electrons. The summed E-state index contributed by atoms with van der Waals surface area (Å²) >= 11 is 1.92. The zero-order valence-corrected chi connectivity index (χ0v) is 9.98. The monoisotopic (exact) mass is 305 g/mol. The van der Waals surface area contributed by atoms with Gasteiger partial charge in [0.05, 0.1) is 0 Å². The molecule has 0 bridgehead atoms. The number of rotatable bonds is 4. The Bertz CT molecular complexity index is 315. The van der Waals surface area contributed by atoms with Crippen LogP contribution in [0.15, 0.2) is 30.3 Å². The van der Waals surface area contributed by atoms with E-state index in [0.717, 1.165) is 5.69 Å². The Balaban J connectivity index is 2.81. The number of halogens is 1. The number of para-hydroxylation sites is 1. The van der Waals surface area contributed by atoms with E-state index < -0.39 is 9.51 Å². The van der Waals surface area contributed by atoms with Crippen molar-refractivity contribution in [1.29, 1.82) is 0 Å². The summed E-state index contributed by atoms with van der Waals surface area (Å²) in [5, 5.41) is 12.0. The fourth-order valence-corrected chi connectivity index (χ4v) is 1.35. The predicted molar refractivity (Wildman–Crippen MR) is 64.7 cm³/mol. The largest absolute Gasteiger partial charge is 0.479 e. The molecule has 14 heavy (non-hydrogen) atoms. The van der Waals surface area contributed by atoms with Crippen molar-refractivity contribution in [1.82, 2.24) is 0 Å². The minimum atomic E-state index is -0.918. The molecule has 0 saturated heterocycles. The van der Waals surface area contributed by atoms with Crippen LogP contribution in [0.2, 0.25) is 0 Å². The molecule has 0 aliphatic rings. The van der Waals surface area contributed by atoms with Crippen molar-refractivity contribution in [2.75, 3.05) is 5.32 Å². The highest BCUT2D eigenvalue weighted by Gasteiger charge is 2.32. The number of carboxylic acids is 1. The predicted octanol–water partition coefficient (Wildman–Crippen LogP) is 2.72. The Morgan fingerprint density at radius 3 is 2.50 bits per heavy atom. The standard InChI is InChI=1S/C10H12INO2/c1-2-10(11,9(13)14)12-8-6-4-3-5-7-8/h3-7,12H,2H2,1H3,(H,13,14). The van der Waals surface area contributed by atoms with Crippen molar-refractivity contribution in [3.05, 3.63) is 30.3 Å². The molecule has 0 heterocycles. The van der Waals surface area contributed by atoms with Crippen LogP contribution in [-0.4, -0.2) is 14.6 Å². The molecule has 0 aliphatic carbocycles. The van der Waals surface area contributed by atoms with Crippen LogP contribution in [0.5, 0.6) is 0 Å². The Kier molecular flexibility index (Phi) is 3.74. The van der Waals surface area contributed by atoms with Gasteiger partial charge in [0.25, 0.3) is 0 Å².